The van der Waals surface area contributed by atoms with Crippen molar-refractivity contribution in [1.29, 1.82) is 0 Å². The third-order valence-corrected chi connectivity index (χ3v) is 4.54. The van der Waals surface area contributed by atoms with Crippen molar-refractivity contribution in [3.8, 4) is 0 Å². The summed E-state index contributed by atoms with van der Waals surface area (Å²) in [7, 11) is 0. The van der Waals surface area contributed by atoms with Gasteiger partial charge >= 0.3 is 0 Å². The first-order valence-corrected chi connectivity index (χ1v) is 6.34. The molecule has 2 aromatic rings. The summed E-state index contributed by atoms with van der Waals surface area (Å²) in [5, 5.41) is 2.59. The van der Waals surface area contributed by atoms with E-state index >= 15 is 0 Å². The van der Waals surface area contributed by atoms with Gasteiger partial charge in [-0.1, -0.05) is 20.8 Å². The summed E-state index contributed by atoms with van der Waals surface area (Å²) in [6.07, 6.45) is 10.3. The molecule has 17 heavy (non-hydrogen) atoms. The summed E-state index contributed by atoms with van der Waals surface area (Å²) in [6, 6.07) is 0. The molecule has 0 saturated carbocycles. The van der Waals surface area contributed by atoms with Crippen LogP contribution in [0.4, 0.5) is 0 Å². The van der Waals surface area contributed by atoms with Crippen molar-refractivity contribution in [3.05, 3.63) is 35.9 Å². The van der Waals surface area contributed by atoms with Gasteiger partial charge in [0.1, 0.15) is 0 Å². The van der Waals surface area contributed by atoms with E-state index in [2.05, 4.69) is 36.9 Å². The lowest BCUT2D eigenvalue weighted by molar-refractivity contribution is 0.310. The molecule has 3 rings (SSSR count). The van der Waals surface area contributed by atoms with Gasteiger partial charge in [-0.3, -0.25) is 9.97 Å². The minimum absolute atomic E-state index is 0.251. The highest BCUT2D eigenvalue weighted by atomic mass is 14.7. The molecule has 1 aliphatic rings. The molecule has 2 heteroatoms. The second kappa shape index (κ2) is 3.52. The van der Waals surface area contributed by atoms with E-state index in [1.54, 1.807) is 0 Å². The maximum atomic E-state index is 4.40. The Morgan fingerprint density at radius 3 is 2.53 bits per heavy atom. The van der Waals surface area contributed by atoms with Crippen LogP contribution in [-0.4, -0.2) is 9.97 Å². The Morgan fingerprint density at radius 2 is 1.82 bits per heavy atom. The maximum absolute atomic E-state index is 4.40. The molecule has 0 aliphatic heterocycles. The van der Waals surface area contributed by atoms with Crippen LogP contribution < -0.4 is 0 Å². The van der Waals surface area contributed by atoms with Gasteiger partial charge in [-0.25, -0.2) is 0 Å². The number of aromatic nitrogens is 2. The Hall–Kier alpha value is -1.44. The van der Waals surface area contributed by atoms with Crippen LogP contribution in [0.15, 0.2) is 24.8 Å². The lowest BCUT2D eigenvalue weighted by Gasteiger charge is -2.38. The first kappa shape index (κ1) is 10.7. The zero-order valence-electron chi connectivity index (χ0n) is 10.7. The first-order valence-electron chi connectivity index (χ1n) is 6.34. The van der Waals surface area contributed by atoms with E-state index in [4.69, 9.17) is 0 Å². The quantitative estimate of drug-likeness (QED) is 0.744. The lowest BCUT2D eigenvalue weighted by atomic mass is 9.66. The van der Waals surface area contributed by atoms with Gasteiger partial charge in [0.2, 0.25) is 0 Å². The molecule has 0 aromatic carbocycles. The molecule has 0 bridgehead atoms. The summed E-state index contributed by atoms with van der Waals surface area (Å²) in [5.74, 6) is 0.635. The van der Waals surface area contributed by atoms with E-state index in [0.29, 0.717) is 5.92 Å². The van der Waals surface area contributed by atoms with Gasteiger partial charge in [0.15, 0.2) is 0 Å². The summed E-state index contributed by atoms with van der Waals surface area (Å²) in [6.45, 7) is 6.99. The predicted octanol–water partition coefficient (Wildman–Crippen LogP) is 3.49. The van der Waals surface area contributed by atoms with E-state index in [-0.39, 0.29) is 5.41 Å². The van der Waals surface area contributed by atoms with Crippen LogP contribution in [0, 0.1) is 5.92 Å². The molecule has 0 N–H and O–H groups in total. The first-order chi connectivity index (χ1) is 8.13. The monoisotopic (exact) mass is 226 g/mol. The molecule has 1 atom stereocenters. The molecule has 1 aliphatic carbocycles. The molecule has 2 heterocycles. The van der Waals surface area contributed by atoms with E-state index in [9.17, 15) is 0 Å². The Labute approximate surface area is 102 Å². The molecule has 0 amide bonds. The Bertz CT molecular complexity index is 569. The highest BCUT2D eigenvalue weighted by Crippen LogP contribution is 2.44. The van der Waals surface area contributed by atoms with Gasteiger partial charge in [-0.2, -0.15) is 0 Å². The highest BCUT2D eigenvalue weighted by molar-refractivity contribution is 5.88. The standard InChI is InChI=1S/C15H18N2/c1-10(2)15(3)5-4-11-6-16-7-12-8-17-9-13(15)14(11)12/h6-10H,4-5H2,1-3H3. The predicted molar refractivity (Wildman–Crippen MR) is 70.0 cm³/mol. The second-order valence-electron chi connectivity index (χ2n) is 5.66. The topological polar surface area (TPSA) is 25.8 Å². The minimum Gasteiger partial charge on any atom is -0.264 e. The molecule has 0 fully saturated rings. The van der Waals surface area contributed by atoms with Crippen LogP contribution >= 0.6 is 0 Å². The van der Waals surface area contributed by atoms with Gasteiger partial charge < -0.3 is 0 Å². The molecule has 2 aromatic heterocycles. The third-order valence-electron chi connectivity index (χ3n) is 4.54. The van der Waals surface area contributed by atoms with Crippen molar-refractivity contribution in [3.63, 3.8) is 0 Å². The van der Waals surface area contributed by atoms with Crippen LogP contribution in [0.3, 0.4) is 0 Å². The van der Waals surface area contributed by atoms with E-state index in [1.165, 1.54) is 28.3 Å². The van der Waals surface area contributed by atoms with Crippen molar-refractivity contribution in [2.75, 3.05) is 0 Å². The van der Waals surface area contributed by atoms with E-state index < -0.39 is 0 Å². The number of hydrogen-bond donors (Lipinski definition) is 0. The van der Waals surface area contributed by atoms with Gasteiger partial charge in [-0.05, 0) is 40.7 Å². The van der Waals surface area contributed by atoms with Crippen LogP contribution in [-0.2, 0) is 11.8 Å². The number of aryl methyl sites for hydroxylation is 1. The largest absolute Gasteiger partial charge is 0.264 e. The smallest absolute Gasteiger partial charge is 0.0362 e. The zero-order chi connectivity index (χ0) is 12.0. The van der Waals surface area contributed by atoms with Crippen LogP contribution in [0.5, 0.6) is 0 Å². The number of nitrogens with zero attached hydrogens (tertiary/aromatic N) is 2. The number of pyridine rings is 2. The molecule has 0 saturated heterocycles. The Kier molecular flexibility index (Phi) is 2.22. The zero-order valence-corrected chi connectivity index (χ0v) is 10.7. The Balaban J connectivity index is 2.37. The van der Waals surface area contributed by atoms with Gasteiger partial charge in [0, 0.05) is 30.2 Å². The normalized spacial score (nSPS) is 23.3. The van der Waals surface area contributed by atoms with Crippen molar-refractivity contribution < 1.29 is 0 Å². The summed E-state index contributed by atoms with van der Waals surface area (Å²) >= 11 is 0. The molecule has 0 radical (unpaired) electrons. The third kappa shape index (κ3) is 1.40. The average molecular weight is 226 g/mol. The fraction of sp³-hybridized carbons (Fsp3) is 0.467. The number of hydrogen-bond acceptors (Lipinski definition) is 2. The van der Waals surface area contributed by atoms with Crippen LogP contribution in [0.1, 0.15) is 38.3 Å². The summed E-state index contributed by atoms with van der Waals surface area (Å²) in [5.41, 5.74) is 3.05. The summed E-state index contributed by atoms with van der Waals surface area (Å²) < 4.78 is 0. The van der Waals surface area contributed by atoms with E-state index in [1.807, 2.05) is 18.6 Å². The van der Waals surface area contributed by atoms with E-state index in [0.717, 1.165) is 6.42 Å². The molecule has 2 nitrogen and oxygen atoms in total. The van der Waals surface area contributed by atoms with Crippen molar-refractivity contribution >= 4 is 10.8 Å². The molecular formula is C15H18N2. The molecular weight excluding hydrogens is 208 g/mol. The van der Waals surface area contributed by atoms with Gasteiger partial charge in [-0.15, -0.1) is 0 Å². The van der Waals surface area contributed by atoms with Crippen LogP contribution in [0.2, 0.25) is 0 Å². The fourth-order valence-electron chi connectivity index (χ4n) is 2.96. The number of rotatable bonds is 1. The second-order valence-corrected chi connectivity index (χ2v) is 5.66. The van der Waals surface area contributed by atoms with Crippen molar-refractivity contribution in [2.45, 2.75) is 39.0 Å². The van der Waals surface area contributed by atoms with Crippen LogP contribution in [0.25, 0.3) is 10.8 Å². The minimum atomic E-state index is 0.251. The Morgan fingerprint density at radius 1 is 1.12 bits per heavy atom. The van der Waals surface area contributed by atoms with Gasteiger partial charge in [0.25, 0.3) is 0 Å². The van der Waals surface area contributed by atoms with Gasteiger partial charge in [0.05, 0.1) is 0 Å². The molecule has 88 valence electrons. The van der Waals surface area contributed by atoms with Crippen molar-refractivity contribution in [2.24, 2.45) is 5.92 Å². The average Bonchev–Trinajstić information content (AvgIpc) is 2.34. The SMILES string of the molecule is CC(C)C1(C)CCc2cncc3cncc1c23. The summed E-state index contributed by atoms with van der Waals surface area (Å²) in [4.78, 5) is 8.71. The maximum Gasteiger partial charge on any atom is 0.0362 e. The lowest BCUT2D eigenvalue weighted by Crippen LogP contribution is -2.32. The molecule has 1 unspecified atom stereocenters. The highest BCUT2D eigenvalue weighted by Gasteiger charge is 2.35. The molecule has 0 spiro atoms. The fourth-order valence-corrected chi connectivity index (χ4v) is 2.96. The van der Waals surface area contributed by atoms with Crippen molar-refractivity contribution in [1.82, 2.24) is 9.97 Å².